The second kappa shape index (κ2) is 12.4. The van der Waals surface area contributed by atoms with Crippen molar-refractivity contribution in [1.82, 2.24) is 5.32 Å². The van der Waals surface area contributed by atoms with Crippen molar-refractivity contribution in [3.8, 4) is 5.75 Å². The summed E-state index contributed by atoms with van der Waals surface area (Å²) < 4.78 is 27.3. The summed E-state index contributed by atoms with van der Waals surface area (Å²) in [5, 5.41) is 45.8. The largest absolute Gasteiger partial charge is 0.456 e. The van der Waals surface area contributed by atoms with E-state index in [4.69, 9.17) is 9.47 Å². The van der Waals surface area contributed by atoms with Gasteiger partial charge in [0.05, 0.1) is 12.2 Å². The molecule has 1 amide bonds. The van der Waals surface area contributed by atoms with Gasteiger partial charge in [0.25, 0.3) is 5.09 Å². The zero-order chi connectivity index (χ0) is 34.4. The van der Waals surface area contributed by atoms with Crippen molar-refractivity contribution in [2.45, 2.75) is 69.4 Å². The first-order chi connectivity index (χ1) is 22.1. The SMILES string of the molecule is C[C@]12C=CC(=O)C=C1CC[C@H]1[C@@H]3C[C@@H](O)[C@](O)(C(=O)COC(=O)CNC(=O)Oc4cccc(CCO[N+](=O)[O-])c4)[C@@]3(C)C[C@H](O)[C@@]12F. The van der Waals surface area contributed by atoms with Crippen LogP contribution in [0.25, 0.3) is 0 Å². The number of rotatable bonds is 10. The summed E-state index contributed by atoms with van der Waals surface area (Å²) >= 11 is 0. The number of Topliss-reactive ketones (excluding diaryl/α,β-unsaturated/α-hetero) is 1. The Hall–Kier alpha value is -4.21. The van der Waals surface area contributed by atoms with Crippen molar-refractivity contribution < 1.29 is 58.3 Å². The molecule has 8 atom stereocenters. The van der Waals surface area contributed by atoms with Gasteiger partial charge < -0.3 is 34.9 Å². The molecular formula is C32H37FN2O12. The highest BCUT2D eigenvalue weighted by atomic mass is 19.1. The fourth-order valence-electron chi connectivity index (χ4n) is 8.33. The fraction of sp³-hybridized carbons (Fsp3) is 0.562. The second-order valence-electron chi connectivity index (χ2n) is 13.1. The summed E-state index contributed by atoms with van der Waals surface area (Å²) in [6, 6.07) is 6.09. The maximum atomic E-state index is 17.2. The monoisotopic (exact) mass is 660 g/mol. The quantitative estimate of drug-likeness (QED) is 0.161. The van der Waals surface area contributed by atoms with Crippen LogP contribution < -0.4 is 10.1 Å². The highest BCUT2D eigenvalue weighted by Gasteiger charge is 2.76. The van der Waals surface area contributed by atoms with Crippen molar-refractivity contribution in [1.29, 1.82) is 0 Å². The molecule has 254 valence electrons. The van der Waals surface area contributed by atoms with E-state index in [-0.39, 0.29) is 43.8 Å². The minimum atomic E-state index is -2.47. The van der Waals surface area contributed by atoms with Crippen LogP contribution in [0, 0.1) is 32.8 Å². The van der Waals surface area contributed by atoms with E-state index >= 15 is 4.39 Å². The number of nitrogens with zero attached hydrogens (tertiary/aromatic N) is 1. The third-order valence-corrected chi connectivity index (χ3v) is 10.7. The van der Waals surface area contributed by atoms with Gasteiger partial charge in [-0.15, -0.1) is 10.1 Å². The van der Waals surface area contributed by atoms with Crippen molar-refractivity contribution in [2.75, 3.05) is 19.8 Å². The molecule has 15 heteroatoms. The molecular weight excluding hydrogens is 623 g/mol. The van der Waals surface area contributed by atoms with E-state index < -0.39 is 82.2 Å². The fourth-order valence-corrected chi connectivity index (χ4v) is 8.33. The molecule has 4 N–H and O–H groups in total. The van der Waals surface area contributed by atoms with Crippen LogP contribution in [0.2, 0.25) is 0 Å². The number of halogens is 1. The number of hydrogen-bond donors (Lipinski definition) is 4. The number of hydrogen-bond acceptors (Lipinski definition) is 12. The Morgan fingerprint density at radius 2 is 1.91 bits per heavy atom. The number of esters is 1. The molecule has 47 heavy (non-hydrogen) atoms. The van der Waals surface area contributed by atoms with Crippen LogP contribution in [0.15, 0.2) is 48.1 Å². The number of benzene rings is 1. The lowest BCUT2D eigenvalue weighted by Crippen LogP contribution is -2.69. The van der Waals surface area contributed by atoms with Gasteiger partial charge in [-0.25, -0.2) is 9.18 Å². The predicted molar refractivity (Wildman–Crippen MR) is 158 cm³/mol. The van der Waals surface area contributed by atoms with Crippen molar-refractivity contribution in [2.24, 2.45) is 22.7 Å². The zero-order valence-corrected chi connectivity index (χ0v) is 25.8. The molecule has 5 rings (SSSR count). The molecule has 0 unspecified atom stereocenters. The molecule has 14 nitrogen and oxygen atoms in total. The summed E-state index contributed by atoms with van der Waals surface area (Å²) in [5.41, 5.74) is -6.32. The Balaban J connectivity index is 1.19. The van der Waals surface area contributed by atoms with Crippen molar-refractivity contribution >= 4 is 23.6 Å². The molecule has 4 aliphatic rings. The molecule has 0 saturated heterocycles. The molecule has 1 aromatic carbocycles. The first-order valence-electron chi connectivity index (χ1n) is 15.3. The number of ether oxygens (including phenoxy) is 2. The molecule has 3 fully saturated rings. The summed E-state index contributed by atoms with van der Waals surface area (Å²) in [4.78, 5) is 64.6. The maximum Gasteiger partial charge on any atom is 0.413 e. The van der Waals surface area contributed by atoms with Gasteiger partial charge in [0.2, 0.25) is 5.78 Å². The van der Waals surface area contributed by atoms with E-state index in [9.17, 15) is 44.6 Å². The van der Waals surface area contributed by atoms with Crippen LogP contribution in [0.1, 0.15) is 45.1 Å². The first kappa shape index (κ1) is 34.1. The minimum Gasteiger partial charge on any atom is -0.456 e. The predicted octanol–water partition coefficient (Wildman–Crippen LogP) is 1.71. The Kier molecular flexibility index (Phi) is 9.03. The molecule has 1 aromatic rings. The number of fused-ring (bicyclic) bond motifs is 5. The van der Waals surface area contributed by atoms with E-state index in [0.717, 1.165) is 0 Å². The average molecular weight is 661 g/mol. The molecule has 0 bridgehead atoms. The third-order valence-electron chi connectivity index (χ3n) is 10.7. The summed E-state index contributed by atoms with van der Waals surface area (Å²) in [6.45, 7) is 1.28. The molecule has 3 saturated carbocycles. The minimum absolute atomic E-state index is 0.0871. The van der Waals surface area contributed by atoms with Gasteiger partial charge in [-0.05, 0) is 74.8 Å². The topological polar surface area (TPSA) is 212 Å². The summed E-state index contributed by atoms with van der Waals surface area (Å²) in [6.07, 6.45) is 0.0720. The van der Waals surface area contributed by atoms with E-state index in [1.54, 1.807) is 19.1 Å². The molecule has 0 radical (unpaired) electrons. The number of amides is 1. The van der Waals surface area contributed by atoms with Crippen LogP contribution in [0.4, 0.5) is 9.18 Å². The first-order valence-corrected chi connectivity index (χ1v) is 15.3. The van der Waals surface area contributed by atoms with Gasteiger partial charge in [0.15, 0.2) is 23.7 Å². The van der Waals surface area contributed by atoms with Crippen molar-refractivity contribution in [3.05, 3.63) is 63.7 Å². The highest BCUT2D eigenvalue weighted by molar-refractivity contribution is 6.01. The number of alkyl halides is 1. The van der Waals surface area contributed by atoms with Gasteiger partial charge >= 0.3 is 12.1 Å². The Morgan fingerprint density at radius 1 is 1.17 bits per heavy atom. The van der Waals surface area contributed by atoms with Crippen molar-refractivity contribution in [3.63, 3.8) is 0 Å². The third kappa shape index (κ3) is 5.69. The van der Waals surface area contributed by atoms with Crippen LogP contribution in [-0.2, 0) is 30.4 Å². The van der Waals surface area contributed by atoms with E-state index in [1.807, 2.05) is 0 Å². The van der Waals surface area contributed by atoms with Gasteiger partial charge in [0.1, 0.15) is 18.9 Å². The Bertz CT molecular complexity index is 1550. The summed E-state index contributed by atoms with van der Waals surface area (Å²) in [5.74, 6) is -3.85. The lowest BCUT2D eigenvalue weighted by atomic mass is 9.44. The smallest absolute Gasteiger partial charge is 0.413 e. The number of carbonyl (C=O) groups is 4. The second-order valence-corrected chi connectivity index (χ2v) is 13.1. The number of carbonyl (C=O) groups excluding carboxylic acids is 4. The van der Waals surface area contributed by atoms with Crippen LogP contribution in [-0.4, -0.2) is 87.3 Å². The lowest BCUT2D eigenvalue weighted by molar-refractivity contribution is -0.757. The normalized spacial score (nSPS) is 35.4. The number of nitrogens with one attached hydrogen (secondary N) is 1. The molecule has 0 aliphatic heterocycles. The summed E-state index contributed by atoms with van der Waals surface area (Å²) in [7, 11) is 0. The van der Waals surface area contributed by atoms with Gasteiger partial charge in [-0.3, -0.25) is 14.4 Å². The zero-order valence-electron chi connectivity index (χ0n) is 25.8. The highest BCUT2D eigenvalue weighted by Crippen LogP contribution is 2.69. The number of allylic oxidation sites excluding steroid dienone is 4. The molecule has 0 heterocycles. The number of ketones is 2. The van der Waals surface area contributed by atoms with Gasteiger partial charge in [-0.2, -0.15) is 0 Å². The molecule has 0 aromatic heterocycles. The number of aliphatic hydroxyl groups excluding tert-OH is 2. The Morgan fingerprint density at radius 3 is 2.64 bits per heavy atom. The lowest BCUT2D eigenvalue weighted by Gasteiger charge is -2.62. The van der Waals surface area contributed by atoms with Crippen LogP contribution in [0.3, 0.4) is 0 Å². The average Bonchev–Trinajstić information content (AvgIpc) is 3.21. The molecule has 0 spiro atoms. The maximum absolute atomic E-state index is 17.2. The van der Waals surface area contributed by atoms with Gasteiger partial charge in [0, 0.05) is 16.7 Å². The van der Waals surface area contributed by atoms with Crippen LogP contribution >= 0.6 is 0 Å². The Labute approximate surface area is 268 Å². The van der Waals surface area contributed by atoms with E-state index in [2.05, 4.69) is 10.2 Å². The van der Waals surface area contributed by atoms with E-state index in [0.29, 0.717) is 17.6 Å². The molecule has 4 aliphatic carbocycles. The van der Waals surface area contributed by atoms with E-state index in [1.165, 1.54) is 37.3 Å². The number of aliphatic hydroxyl groups is 3. The standard InChI is InChI=1S/C32H37FN2O12/c1-29-10-8-20(36)13-19(29)6-7-22-23-14-24(37)32(42,30(23,2)15-25(38)31(22,29)33)26(39)17-45-27(40)16-34-28(41)47-21-5-3-4-18(12-21)9-11-46-35(43)44/h3-5,8,10,12-13,22-25,37-38,42H,6-7,9,11,14-17H2,1-2H3,(H,34,41)/t22-,23-,24+,25-,29-,30-,31-,32-/m0/s1. The van der Waals surface area contributed by atoms with Gasteiger partial charge in [-0.1, -0.05) is 30.7 Å². The van der Waals surface area contributed by atoms with Crippen LogP contribution in [0.5, 0.6) is 5.75 Å².